The number of anilines is 1. The van der Waals surface area contributed by atoms with Gasteiger partial charge in [-0.25, -0.2) is 0 Å². The van der Waals surface area contributed by atoms with Gasteiger partial charge in [0.1, 0.15) is 6.04 Å². The highest BCUT2D eigenvalue weighted by atomic mass is 19.4. The molecule has 0 saturated heterocycles. The van der Waals surface area contributed by atoms with Crippen LogP contribution in [0.1, 0.15) is 12.5 Å². The predicted molar refractivity (Wildman–Crippen MR) is 50.3 cm³/mol. The van der Waals surface area contributed by atoms with Crippen molar-refractivity contribution in [2.75, 3.05) is 5.32 Å². The van der Waals surface area contributed by atoms with Crippen LogP contribution in [0.5, 0.6) is 0 Å². The topological polar surface area (TPSA) is 12.0 Å². The summed E-state index contributed by atoms with van der Waals surface area (Å²) >= 11 is 0. The summed E-state index contributed by atoms with van der Waals surface area (Å²) in [5.41, 5.74) is 1.51. The SMILES string of the molecule is Cc1ccc(N[C@H](C)C(F)(F)F)cc1. The summed E-state index contributed by atoms with van der Waals surface area (Å²) in [6.07, 6.45) is -4.20. The van der Waals surface area contributed by atoms with Crippen molar-refractivity contribution in [3.05, 3.63) is 29.8 Å². The van der Waals surface area contributed by atoms with Crippen LogP contribution in [0, 0.1) is 6.92 Å². The molecule has 0 aliphatic carbocycles. The smallest absolute Gasteiger partial charge is 0.374 e. The van der Waals surface area contributed by atoms with Crippen molar-refractivity contribution in [1.82, 2.24) is 0 Å². The molecule has 0 unspecified atom stereocenters. The third-order valence-corrected chi connectivity index (χ3v) is 1.93. The number of benzene rings is 1. The molecule has 0 fully saturated rings. The highest BCUT2D eigenvalue weighted by Crippen LogP contribution is 2.23. The molecule has 0 aromatic heterocycles. The lowest BCUT2D eigenvalue weighted by molar-refractivity contribution is -0.138. The zero-order valence-corrected chi connectivity index (χ0v) is 8.02. The van der Waals surface area contributed by atoms with Gasteiger partial charge in [0.25, 0.3) is 0 Å². The monoisotopic (exact) mass is 203 g/mol. The molecule has 0 heterocycles. The first-order chi connectivity index (χ1) is 6.39. The molecule has 78 valence electrons. The molecule has 0 bridgehead atoms. The predicted octanol–water partition coefficient (Wildman–Crippen LogP) is 3.36. The van der Waals surface area contributed by atoms with E-state index >= 15 is 0 Å². The molecule has 1 aromatic carbocycles. The van der Waals surface area contributed by atoms with Gasteiger partial charge in [0.2, 0.25) is 0 Å². The minimum Gasteiger partial charge on any atom is -0.374 e. The maximum atomic E-state index is 12.2. The van der Waals surface area contributed by atoms with E-state index in [1.807, 2.05) is 6.92 Å². The van der Waals surface area contributed by atoms with E-state index in [1.165, 1.54) is 0 Å². The summed E-state index contributed by atoms with van der Waals surface area (Å²) in [4.78, 5) is 0. The second-order valence-electron chi connectivity index (χ2n) is 3.27. The number of nitrogens with one attached hydrogen (secondary N) is 1. The fourth-order valence-corrected chi connectivity index (χ4v) is 0.982. The van der Waals surface area contributed by atoms with Crippen molar-refractivity contribution >= 4 is 5.69 Å². The molecule has 1 N–H and O–H groups in total. The summed E-state index contributed by atoms with van der Waals surface area (Å²) < 4.78 is 36.5. The van der Waals surface area contributed by atoms with E-state index < -0.39 is 12.2 Å². The Kier molecular flexibility index (Phi) is 3.03. The zero-order valence-electron chi connectivity index (χ0n) is 8.02. The van der Waals surface area contributed by atoms with E-state index in [4.69, 9.17) is 0 Å². The summed E-state index contributed by atoms with van der Waals surface area (Å²) in [6.45, 7) is 2.98. The Balaban J connectivity index is 2.65. The minimum absolute atomic E-state index is 0.487. The molecule has 1 aromatic rings. The van der Waals surface area contributed by atoms with Crippen molar-refractivity contribution in [2.45, 2.75) is 26.1 Å². The van der Waals surface area contributed by atoms with Gasteiger partial charge >= 0.3 is 6.18 Å². The second kappa shape index (κ2) is 3.90. The van der Waals surface area contributed by atoms with Crippen LogP contribution in [0.15, 0.2) is 24.3 Å². The maximum Gasteiger partial charge on any atom is 0.408 e. The quantitative estimate of drug-likeness (QED) is 0.777. The molecule has 4 heteroatoms. The number of halogens is 3. The van der Waals surface area contributed by atoms with E-state index in [0.29, 0.717) is 5.69 Å². The number of hydrogen-bond donors (Lipinski definition) is 1. The Morgan fingerprint density at radius 1 is 1.14 bits per heavy atom. The van der Waals surface area contributed by atoms with Crippen molar-refractivity contribution in [3.8, 4) is 0 Å². The average Bonchev–Trinajstić information content (AvgIpc) is 2.07. The van der Waals surface area contributed by atoms with Crippen molar-refractivity contribution in [1.29, 1.82) is 0 Å². The summed E-state index contributed by atoms with van der Waals surface area (Å²) in [7, 11) is 0. The van der Waals surface area contributed by atoms with Crippen LogP contribution < -0.4 is 5.32 Å². The van der Waals surface area contributed by atoms with Gasteiger partial charge in [-0.3, -0.25) is 0 Å². The molecule has 1 atom stereocenters. The standard InChI is InChI=1S/C10H12F3N/c1-7-3-5-9(6-4-7)14-8(2)10(11,12)13/h3-6,8,14H,1-2H3/t8-/m1/s1. The first-order valence-electron chi connectivity index (χ1n) is 4.29. The van der Waals surface area contributed by atoms with Crippen LogP contribution in [-0.4, -0.2) is 12.2 Å². The molecule has 0 amide bonds. The van der Waals surface area contributed by atoms with Crippen molar-refractivity contribution in [2.24, 2.45) is 0 Å². The highest BCUT2D eigenvalue weighted by Gasteiger charge is 2.35. The van der Waals surface area contributed by atoms with Gasteiger partial charge in [0.15, 0.2) is 0 Å². The Labute approximate surface area is 80.9 Å². The van der Waals surface area contributed by atoms with E-state index in [0.717, 1.165) is 12.5 Å². The van der Waals surface area contributed by atoms with Gasteiger partial charge in [0, 0.05) is 5.69 Å². The molecule has 0 radical (unpaired) electrons. The lowest BCUT2D eigenvalue weighted by Gasteiger charge is -2.18. The Morgan fingerprint density at radius 2 is 1.64 bits per heavy atom. The Morgan fingerprint density at radius 3 is 2.07 bits per heavy atom. The van der Waals surface area contributed by atoms with Crippen LogP contribution in [-0.2, 0) is 0 Å². The first-order valence-corrected chi connectivity index (χ1v) is 4.29. The average molecular weight is 203 g/mol. The normalized spacial score (nSPS) is 13.8. The van der Waals surface area contributed by atoms with Crippen LogP contribution >= 0.6 is 0 Å². The number of hydrogen-bond acceptors (Lipinski definition) is 1. The van der Waals surface area contributed by atoms with E-state index in [1.54, 1.807) is 24.3 Å². The molecule has 0 spiro atoms. The molecule has 1 nitrogen and oxygen atoms in total. The minimum atomic E-state index is -4.20. The van der Waals surface area contributed by atoms with Crippen LogP contribution in [0.25, 0.3) is 0 Å². The third-order valence-electron chi connectivity index (χ3n) is 1.93. The maximum absolute atomic E-state index is 12.2. The van der Waals surface area contributed by atoms with Crippen LogP contribution in [0.2, 0.25) is 0 Å². The largest absolute Gasteiger partial charge is 0.408 e. The van der Waals surface area contributed by atoms with Crippen LogP contribution in [0.3, 0.4) is 0 Å². The van der Waals surface area contributed by atoms with E-state index in [-0.39, 0.29) is 0 Å². The molecule has 14 heavy (non-hydrogen) atoms. The highest BCUT2D eigenvalue weighted by molar-refractivity contribution is 5.45. The van der Waals surface area contributed by atoms with Gasteiger partial charge in [-0.05, 0) is 26.0 Å². The summed E-state index contributed by atoms with van der Waals surface area (Å²) in [5.74, 6) is 0. The van der Waals surface area contributed by atoms with E-state index in [9.17, 15) is 13.2 Å². The summed E-state index contributed by atoms with van der Waals surface area (Å²) in [5, 5.41) is 2.38. The van der Waals surface area contributed by atoms with Crippen molar-refractivity contribution < 1.29 is 13.2 Å². The number of alkyl halides is 3. The summed E-state index contributed by atoms with van der Waals surface area (Å²) in [6, 6.07) is 5.29. The first kappa shape index (κ1) is 10.9. The number of rotatable bonds is 2. The van der Waals surface area contributed by atoms with Gasteiger partial charge in [-0.15, -0.1) is 0 Å². The third kappa shape index (κ3) is 2.94. The van der Waals surface area contributed by atoms with Gasteiger partial charge in [0.05, 0.1) is 0 Å². The van der Waals surface area contributed by atoms with Gasteiger partial charge < -0.3 is 5.32 Å². The van der Waals surface area contributed by atoms with Gasteiger partial charge in [-0.2, -0.15) is 13.2 Å². The lowest BCUT2D eigenvalue weighted by Crippen LogP contribution is -2.32. The lowest BCUT2D eigenvalue weighted by atomic mass is 10.2. The number of aryl methyl sites for hydroxylation is 1. The fourth-order valence-electron chi connectivity index (χ4n) is 0.982. The zero-order chi connectivity index (χ0) is 10.8. The molecule has 0 aliphatic heterocycles. The van der Waals surface area contributed by atoms with E-state index in [2.05, 4.69) is 5.32 Å². The Bertz CT molecular complexity index is 289. The molecule has 0 saturated carbocycles. The van der Waals surface area contributed by atoms with Crippen LogP contribution in [0.4, 0.5) is 18.9 Å². The van der Waals surface area contributed by atoms with Crippen molar-refractivity contribution in [3.63, 3.8) is 0 Å². The molecular weight excluding hydrogens is 191 g/mol. The molecule has 0 aliphatic rings. The Hall–Kier alpha value is -1.19. The molecular formula is C10H12F3N. The molecule has 1 rings (SSSR count). The second-order valence-corrected chi connectivity index (χ2v) is 3.27. The van der Waals surface area contributed by atoms with Gasteiger partial charge in [-0.1, -0.05) is 17.7 Å². The fraction of sp³-hybridized carbons (Fsp3) is 0.400.